The first-order chi connectivity index (χ1) is 11.5. The molecule has 2 rings (SSSR count). The van der Waals surface area contributed by atoms with E-state index in [1.807, 2.05) is 24.3 Å². The Bertz CT molecular complexity index is 720. The van der Waals surface area contributed by atoms with E-state index in [0.717, 1.165) is 10.0 Å². The van der Waals surface area contributed by atoms with Gasteiger partial charge in [0.2, 0.25) is 11.7 Å². The summed E-state index contributed by atoms with van der Waals surface area (Å²) in [5.74, 6) is 0.205. The van der Waals surface area contributed by atoms with E-state index < -0.39 is 0 Å². The summed E-state index contributed by atoms with van der Waals surface area (Å²) >= 11 is 3.35. The average Bonchev–Trinajstić information content (AvgIpc) is 2.58. The molecule has 0 spiro atoms. The van der Waals surface area contributed by atoms with E-state index in [0.29, 0.717) is 5.56 Å². The Labute approximate surface area is 148 Å². The molecule has 0 aliphatic carbocycles. The molecule has 2 N–H and O–H groups in total. The van der Waals surface area contributed by atoms with Crippen molar-refractivity contribution in [2.24, 2.45) is 5.10 Å². The zero-order valence-electron chi connectivity index (χ0n) is 13.2. The Balaban J connectivity index is 2.00. The maximum atomic E-state index is 11.9. The van der Waals surface area contributed by atoms with Gasteiger partial charge in [0.05, 0.1) is 26.9 Å². The first-order valence-electron chi connectivity index (χ1n) is 7.05. The summed E-state index contributed by atoms with van der Waals surface area (Å²) in [6.45, 7) is 0. The molecular formula is C17H17BrN2O4. The third-order valence-electron chi connectivity index (χ3n) is 3.18. The summed E-state index contributed by atoms with van der Waals surface area (Å²) in [7, 11) is 2.88. The van der Waals surface area contributed by atoms with Gasteiger partial charge in [-0.1, -0.05) is 28.1 Å². The van der Waals surface area contributed by atoms with Crippen molar-refractivity contribution in [2.75, 3.05) is 14.2 Å². The monoisotopic (exact) mass is 392 g/mol. The highest BCUT2D eigenvalue weighted by Crippen LogP contribution is 2.36. The van der Waals surface area contributed by atoms with E-state index in [1.165, 1.54) is 20.4 Å². The number of ether oxygens (including phenoxy) is 2. The van der Waals surface area contributed by atoms with Crippen molar-refractivity contribution in [1.82, 2.24) is 5.43 Å². The summed E-state index contributed by atoms with van der Waals surface area (Å²) in [6.07, 6.45) is 1.68. The highest BCUT2D eigenvalue weighted by molar-refractivity contribution is 9.10. The Hall–Kier alpha value is -2.54. The lowest BCUT2D eigenvalue weighted by Crippen LogP contribution is -2.19. The van der Waals surface area contributed by atoms with Gasteiger partial charge in [0, 0.05) is 10.0 Å². The summed E-state index contributed by atoms with van der Waals surface area (Å²) in [6, 6.07) is 10.7. The van der Waals surface area contributed by atoms with Crippen molar-refractivity contribution in [3.05, 3.63) is 52.0 Å². The van der Waals surface area contributed by atoms with Crippen molar-refractivity contribution in [2.45, 2.75) is 6.42 Å². The predicted octanol–water partition coefficient (Wildman–Crippen LogP) is 2.86. The topological polar surface area (TPSA) is 80.2 Å². The fourth-order valence-electron chi connectivity index (χ4n) is 1.99. The Morgan fingerprint density at radius 1 is 1.21 bits per heavy atom. The van der Waals surface area contributed by atoms with Crippen LogP contribution in [0.3, 0.4) is 0 Å². The highest BCUT2D eigenvalue weighted by atomic mass is 79.9. The van der Waals surface area contributed by atoms with Crippen molar-refractivity contribution in [3.8, 4) is 17.2 Å². The Morgan fingerprint density at radius 3 is 2.33 bits per heavy atom. The summed E-state index contributed by atoms with van der Waals surface area (Å²) in [4.78, 5) is 11.9. The van der Waals surface area contributed by atoms with Gasteiger partial charge in [-0.15, -0.1) is 0 Å². The standard InChI is InChI=1S/C17H17BrN2O4/c1-23-14-7-12(8-15(24-2)17(14)22)10-19-20-16(21)9-11-3-5-13(18)6-4-11/h3-8,10,22H,9H2,1-2H3,(H,20,21)/b19-10-. The molecule has 0 fully saturated rings. The molecule has 0 radical (unpaired) electrons. The smallest absolute Gasteiger partial charge is 0.244 e. The molecule has 2 aromatic carbocycles. The SMILES string of the molecule is COc1cc(/C=N\NC(=O)Cc2ccc(Br)cc2)cc(OC)c1O. The lowest BCUT2D eigenvalue weighted by Gasteiger charge is -2.09. The van der Waals surface area contributed by atoms with Crippen LogP contribution in [0.15, 0.2) is 46.0 Å². The van der Waals surface area contributed by atoms with Crippen molar-refractivity contribution >= 4 is 28.1 Å². The van der Waals surface area contributed by atoms with Crippen LogP contribution in [-0.2, 0) is 11.2 Å². The minimum atomic E-state index is -0.230. The number of carbonyl (C=O) groups excluding carboxylic acids is 1. The van der Waals surface area contributed by atoms with E-state index in [4.69, 9.17) is 9.47 Å². The molecule has 126 valence electrons. The second kappa shape index (κ2) is 8.35. The van der Waals surface area contributed by atoms with Crippen LogP contribution in [0.4, 0.5) is 0 Å². The lowest BCUT2D eigenvalue weighted by atomic mass is 10.1. The van der Waals surface area contributed by atoms with Gasteiger partial charge in [-0.3, -0.25) is 4.79 Å². The molecule has 0 heterocycles. The Kier molecular flexibility index (Phi) is 6.20. The number of methoxy groups -OCH3 is 2. The minimum Gasteiger partial charge on any atom is -0.502 e. The number of phenolic OH excluding ortho intramolecular Hbond substituents is 1. The first-order valence-corrected chi connectivity index (χ1v) is 7.84. The predicted molar refractivity (Wildman–Crippen MR) is 94.8 cm³/mol. The lowest BCUT2D eigenvalue weighted by molar-refractivity contribution is -0.120. The highest BCUT2D eigenvalue weighted by Gasteiger charge is 2.10. The van der Waals surface area contributed by atoms with E-state index >= 15 is 0 Å². The number of rotatable bonds is 6. The minimum absolute atomic E-state index is 0.0866. The van der Waals surface area contributed by atoms with Crippen LogP contribution in [0.2, 0.25) is 0 Å². The fraction of sp³-hybridized carbons (Fsp3) is 0.176. The van der Waals surface area contributed by atoms with Crippen LogP contribution in [0.1, 0.15) is 11.1 Å². The zero-order chi connectivity index (χ0) is 17.5. The molecule has 7 heteroatoms. The molecule has 0 bridgehead atoms. The Morgan fingerprint density at radius 2 is 1.79 bits per heavy atom. The first kappa shape index (κ1) is 17.8. The van der Waals surface area contributed by atoms with E-state index in [-0.39, 0.29) is 29.6 Å². The molecule has 0 saturated heterocycles. The number of hydrazone groups is 1. The van der Waals surface area contributed by atoms with Gasteiger partial charge in [0.25, 0.3) is 0 Å². The largest absolute Gasteiger partial charge is 0.502 e. The van der Waals surface area contributed by atoms with Crippen molar-refractivity contribution < 1.29 is 19.4 Å². The molecule has 0 aliphatic rings. The number of phenols is 1. The summed E-state index contributed by atoms with van der Waals surface area (Å²) < 4.78 is 11.1. The molecule has 1 amide bonds. The van der Waals surface area contributed by atoms with Crippen LogP contribution < -0.4 is 14.9 Å². The van der Waals surface area contributed by atoms with E-state index in [9.17, 15) is 9.90 Å². The number of amides is 1. The maximum absolute atomic E-state index is 11.9. The molecule has 6 nitrogen and oxygen atoms in total. The van der Waals surface area contributed by atoms with Gasteiger partial charge < -0.3 is 14.6 Å². The molecular weight excluding hydrogens is 376 g/mol. The normalized spacial score (nSPS) is 10.6. The van der Waals surface area contributed by atoms with Gasteiger partial charge in [-0.05, 0) is 29.8 Å². The van der Waals surface area contributed by atoms with Crippen LogP contribution in [-0.4, -0.2) is 31.4 Å². The maximum Gasteiger partial charge on any atom is 0.244 e. The van der Waals surface area contributed by atoms with E-state index in [1.54, 1.807) is 12.1 Å². The van der Waals surface area contributed by atoms with Crippen LogP contribution >= 0.6 is 15.9 Å². The van der Waals surface area contributed by atoms with Crippen molar-refractivity contribution in [3.63, 3.8) is 0 Å². The second-order valence-corrected chi connectivity index (χ2v) is 5.79. The van der Waals surface area contributed by atoms with Crippen LogP contribution in [0.25, 0.3) is 0 Å². The molecule has 24 heavy (non-hydrogen) atoms. The molecule has 0 aliphatic heterocycles. The zero-order valence-corrected chi connectivity index (χ0v) is 14.8. The quantitative estimate of drug-likeness (QED) is 0.584. The number of halogens is 1. The van der Waals surface area contributed by atoms with Gasteiger partial charge in [-0.2, -0.15) is 5.10 Å². The van der Waals surface area contributed by atoms with Gasteiger partial charge in [0.1, 0.15) is 0 Å². The number of hydrogen-bond acceptors (Lipinski definition) is 5. The second-order valence-electron chi connectivity index (χ2n) is 4.87. The third kappa shape index (κ3) is 4.73. The number of nitrogens with zero attached hydrogens (tertiary/aromatic N) is 1. The molecule has 2 aromatic rings. The summed E-state index contributed by atoms with van der Waals surface area (Å²) in [5, 5.41) is 13.8. The number of nitrogens with one attached hydrogen (secondary N) is 1. The van der Waals surface area contributed by atoms with E-state index in [2.05, 4.69) is 26.5 Å². The third-order valence-corrected chi connectivity index (χ3v) is 3.71. The van der Waals surface area contributed by atoms with Crippen molar-refractivity contribution in [1.29, 1.82) is 0 Å². The van der Waals surface area contributed by atoms with Crippen LogP contribution in [0.5, 0.6) is 17.2 Å². The van der Waals surface area contributed by atoms with Gasteiger partial charge >= 0.3 is 0 Å². The molecule has 0 atom stereocenters. The number of benzene rings is 2. The number of aromatic hydroxyl groups is 1. The van der Waals surface area contributed by atoms with Crippen LogP contribution in [0, 0.1) is 0 Å². The average molecular weight is 393 g/mol. The molecule has 0 unspecified atom stereocenters. The summed E-state index contributed by atoms with van der Waals surface area (Å²) in [5.41, 5.74) is 3.96. The van der Waals surface area contributed by atoms with Gasteiger partial charge in [-0.25, -0.2) is 5.43 Å². The fourth-order valence-corrected chi connectivity index (χ4v) is 2.26. The van der Waals surface area contributed by atoms with Gasteiger partial charge in [0.15, 0.2) is 11.5 Å². The number of carbonyl (C=O) groups is 1. The molecule has 0 aromatic heterocycles. The number of hydrogen-bond donors (Lipinski definition) is 2. The molecule has 0 saturated carbocycles.